The summed E-state index contributed by atoms with van der Waals surface area (Å²) in [5.41, 5.74) is 0. The van der Waals surface area contributed by atoms with Gasteiger partial charge in [-0.1, -0.05) is 0 Å². The van der Waals surface area contributed by atoms with Crippen LogP contribution in [0.15, 0.2) is 0 Å². The molecule has 0 aromatic carbocycles. The van der Waals surface area contributed by atoms with E-state index in [2.05, 4.69) is 0 Å². The minimum Gasteiger partial charge on any atom is -0.348 e. The molecule has 0 N–H and O–H groups in total. The average molecular weight is 179 g/mol. The van der Waals surface area contributed by atoms with Gasteiger partial charge in [0.25, 0.3) is 0 Å². The van der Waals surface area contributed by atoms with Crippen molar-refractivity contribution in [3.8, 4) is 0 Å². The van der Waals surface area contributed by atoms with Gasteiger partial charge in [0.1, 0.15) is 0 Å². The molecule has 0 amide bonds. The zero-order valence-electron chi connectivity index (χ0n) is 7.32. The van der Waals surface area contributed by atoms with E-state index >= 15 is 0 Å². The summed E-state index contributed by atoms with van der Waals surface area (Å²) in [6, 6.07) is 0. The molecule has 0 unspecified atom stereocenters. The van der Waals surface area contributed by atoms with Crippen LogP contribution in [0.3, 0.4) is 0 Å². The fourth-order valence-corrected chi connectivity index (χ4v) is 1.67. The summed E-state index contributed by atoms with van der Waals surface area (Å²) in [6.07, 6.45) is 0.724. The Labute approximate surface area is 72.8 Å². The first-order valence-corrected chi connectivity index (χ1v) is 4.26. The molecular formula is C8H15ClO2. The normalized spacial score (nSPS) is 24.0. The van der Waals surface area contributed by atoms with Crippen molar-refractivity contribution in [2.75, 3.05) is 13.2 Å². The lowest BCUT2D eigenvalue weighted by molar-refractivity contribution is -0.150. The molecule has 0 aromatic heterocycles. The van der Waals surface area contributed by atoms with E-state index in [0.717, 1.165) is 6.42 Å². The Morgan fingerprint density at radius 3 is 2.18 bits per heavy atom. The Balaban J connectivity index is 2.46. The van der Waals surface area contributed by atoms with Crippen LogP contribution >= 0.6 is 11.6 Å². The highest BCUT2D eigenvalue weighted by Gasteiger charge is 2.36. The summed E-state index contributed by atoms with van der Waals surface area (Å²) in [5, 5.41) is 0. The molecule has 0 atom stereocenters. The van der Waals surface area contributed by atoms with Crippen LogP contribution in [0.1, 0.15) is 27.2 Å². The van der Waals surface area contributed by atoms with Crippen LogP contribution in [0.5, 0.6) is 0 Å². The summed E-state index contributed by atoms with van der Waals surface area (Å²) in [6.45, 7) is 7.23. The maximum Gasteiger partial charge on any atom is 0.167 e. The maximum absolute atomic E-state index is 6.04. The van der Waals surface area contributed by atoms with Crippen molar-refractivity contribution in [1.29, 1.82) is 0 Å². The standard InChI is InChI=1S/C8H15ClO2/c1-7(2,9)6-8(3)10-4-5-11-8/h4-6H2,1-3H3. The van der Waals surface area contributed by atoms with Crippen LogP contribution in [-0.2, 0) is 9.47 Å². The van der Waals surface area contributed by atoms with Crippen molar-refractivity contribution >= 4 is 11.6 Å². The van der Waals surface area contributed by atoms with Gasteiger partial charge in [0, 0.05) is 11.3 Å². The van der Waals surface area contributed by atoms with E-state index in [9.17, 15) is 0 Å². The maximum atomic E-state index is 6.04. The Kier molecular flexibility index (Phi) is 2.47. The molecule has 0 saturated carbocycles. The van der Waals surface area contributed by atoms with Gasteiger partial charge in [0.2, 0.25) is 0 Å². The lowest BCUT2D eigenvalue weighted by atomic mass is 10.0. The molecular weight excluding hydrogens is 164 g/mol. The number of ether oxygens (including phenoxy) is 2. The topological polar surface area (TPSA) is 18.5 Å². The third-order valence-electron chi connectivity index (χ3n) is 1.64. The lowest BCUT2D eigenvalue weighted by Crippen LogP contribution is -2.33. The third kappa shape index (κ3) is 2.97. The zero-order chi connectivity index (χ0) is 8.54. The van der Waals surface area contributed by atoms with E-state index in [1.165, 1.54) is 0 Å². The van der Waals surface area contributed by atoms with Crippen molar-refractivity contribution in [3.63, 3.8) is 0 Å². The quantitative estimate of drug-likeness (QED) is 0.604. The van der Waals surface area contributed by atoms with E-state index in [1.54, 1.807) is 0 Å². The average Bonchev–Trinajstić information content (AvgIpc) is 2.09. The molecule has 1 aliphatic heterocycles. The SMILES string of the molecule is CC(C)(Cl)CC1(C)OCCO1. The molecule has 0 radical (unpaired) electrons. The van der Waals surface area contributed by atoms with Crippen LogP contribution < -0.4 is 0 Å². The van der Waals surface area contributed by atoms with Crippen molar-refractivity contribution in [1.82, 2.24) is 0 Å². The molecule has 3 heteroatoms. The molecule has 2 nitrogen and oxygen atoms in total. The Morgan fingerprint density at radius 2 is 1.82 bits per heavy atom. The fraction of sp³-hybridized carbons (Fsp3) is 1.00. The van der Waals surface area contributed by atoms with Crippen molar-refractivity contribution in [3.05, 3.63) is 0 Å². The molecule has 1 heterocycles. The number of rotatable bonds is 2. The molecule has 1 fully saturated rings. The second kappa shape index (κ2) is 2.92. The number of alkyl halides is 1. The van der Waals surface area contributed by atoms with Gasteiger partial charge in [-0.3, -0.25) is 0 Å². The summed E-state index contributed by atoms with van der Waals surface area (Å²) < 4.78 is 10.8. The minimum absolute atomic E-state index is 0.251. The number of halogens is 1. The van der Waals surface area contributed by atoms with Gasteiger partial charge in [-0.2, -0.15) is 0 Å². The summed E-state index contributed by atoms with van der Waals surface area (Å²) in [5.74, 6) is -0.453. The molecule has 1 rings (SSSR count). The predicted molar refractivity (Wildman–Crippen MR) is 44.9 cm³/mol. The van der Waals surface area contributed by atoms with Crippen molar-refractivity contribution in [2.45, 2.75) is 37.9 Å². The predicted octanol–water partition coefficient (Wildman–Crippen LogP) is 2.16. The smallest absolute Gasteiger partial charge is 0.167 e. The van der Waals surface area contributed by atoms with Crippen LogP contribution in [0.2, 0.25) is 0 Å². The molecule has 0 aromatic rings. The third-order valence-corrected chi connectivity index (χ3v) is 1.77. The van der Waals surface area contributed by atoms with Gasteiger partial charge in [0.05, 0.1) is 13.2 Å². The highest BCUT2D eigenvalue weighted by molar-refractivity contribution is 6.23. The zero-order valence-corrected chi connectivity index (χ0v) is 8.07. The first kappa shape index (κ1) is 9.30. The Hall–Kier alpha value is 0.210. The highest BCUT2D eigenvalue weighted by atomic mass is 35.5. The van der Waals surface area contributed by atoms with Gasteiger partial charge in [-0.25, -0.2) is 0 Å². The molecule has 66 valence electrons. The van der Waals surface area contributed by atoms with Crippen LogP contribution in [0.25, 0.3) is 0 Å². The van der Waals surface area contributed by atoms with Crippen molar-refractivity contribution < 1.29 is 9.47 Å². The van der Waals surface area contributed by atoms with E-state index in [4.69, 9.17) is 21.1 Å². The van der Waals surface area contributed by atoms with E-state index in [-0.39, 0.29) is 4.87 Å². The first-order valence-electron chi connectivity index (χ1n) is 3.88. The monoisotopic (exact) mass is 178 g/mol. The van der Waals surface area contributed by atoms with Gasteiger partial charge >= 0.3 is 0 Å². The molecule has 1 saturated heterocycles. The molecule has 0 bridgehead atoms. The van der Waals surface area contributed by atoms with E-state index in [1.807, 2.05) is 20.8 Å². The number of hydrogen-bond acceptors (Lipinski definition) is 2. The lowest BCUT2D eigenvalue weighted by Gasteiger charge is -2.28. The Bertz CT molecular complexity index is 134. The Morgan fingerprint density at radius 1 is 1.36 bits per heavy atom. The molecule has 11 heavy (non-hydrogen) atoms. The highest BCUT2D eigenvalue weighted by Crippen LogP contribution is 2.31. The minimum atomic E-state index is -0.453. The van der Waals surface area contributed by atoms with Gasteiger partial charge in [-0.05, 0) is 20.8 Å². The van der Waals surface area contributed by atoms with E-state index < -0.39 is 5.79 Å². The second-order valence-electron chi connectivity index (χ2n) is 3.73. The molecule has 0 aliphatic carbocycles. The van der Waals surface area contributed by atoms with Gasteiger partial charge in [-0.15, -0.1) is 11.6 Å². The first-order chi connectivity index (χ1) is 4.91. The number of hydrogen-bond donors (Lipinski definition) is 0. The second-order valence-corrected chi connectivity index (χ2v) is 4.75. The van der Waals surface area contributed by atoms with Crippen LogP contribution in [0.4, 0.5) is 0 Å². The van der Waals surface area contributed by atoms with Gasteiger partial charge < -0.3 is 9.47 Å². The van der Waals surface area contributed by atoms with Crippen LogP contribution in [0, 0.1) is 0 Å². The molecule has 0 spiro atoms. The molecule has 1 aliphatic rings. The van der Waals surface area contributed by atoms with Gasteiger partial charge in [0.15, 0.2) is 5.79 Å². The van der Waals surface area contributed by atoms with E-state index in [0.29, 0.717) is 13.2 Å². The van der Waals surface area contributed by atoms with Crippen LogP contribution in [-0.4, -0.2) is 23.9 Å². The fourth-order valence-electron chi connectivity index (χ4n) is 1.42. The van der Waals surface area contributed by atoms with Crippen molar-refractivity contribution in [2.24, 2.45) is 0 Å². The summed E-state index contributed by atoms with van der Waals surface area (Å²) in [7, 11) is 0. The largest absolute Gasteiger partial charge is 0.348 e. The summed E-state index contributed by atoms with van der Waals surface area (Å²) in [4.78, 5) is -0.251. The summed E-state index contributed by atoms with van der Waals surface area (Å²) >= 11 is 6.04.